The lowest BCUT2D eigenvalue weighted by molar-refractivity contribution is 0.0696. The van der Waals surface area contributed by atoms with Gasteiger partial charge in [0.25, 0.3) is 5.91 Å². The van der Waals surface area contributed by atoms with Gasteiger partial charge in [-0.1, -0.05) is 0 Å². The van der Waals surface area contributed by atoms with Gasteiger partial charge in [-0.25, -0.2) is 14.8 Å². The SMILES string of the molecule is O=C(O)c1ccc(C(=O)N[C@H]2CCCN(c3ncccn3)C2)cc1. The molecule has 1 aromatic carbocycles. The van der Waals surface area contributed by atoms with Crippen LogP contribution in [-0.4, -0.2) is 46.1 Å². The van der Waals surface area contributed by atoms with Gasteiger partial charge in [0.1, 0.15) is 0 Å². The van der Waals surface area contributed by atoms with E-state index in [2.05, 4.69) is 20.2 Å². The third kappa shape index (κ3) is 3.68. The number of carboxylic acids is 1. The first-order chi connectivity index (χ1) is 11.6. The minimum Gasteiger partial charge on any atom is -0.478 e. The summed E-state index contributed by atoms with van der Waals surface area (Å²) in [5, 5.41) is 11.9. The molecule has 1 amide bonds. The van der Waals surface area contributed by atoms with Gasteiger partial charge < -0.3 is 15.3 Å². The maximum Gasteiger partial charge on any atom is 0.335 e. The third-order valence-electron chi connectivity index (χ3n) is 3.99. The number of amides is 1. The lowest BCUT2D eigenvalue weighted by Gasteiger charge is -2.33. The van der Waals surface area contributed by atoms with Gasteiger partial charge in [0.05, 0.1) is 5.56 Å². The number of carbonyl (C=O) groups is 2. The Bertz CT molecular complexity index is 718. The van der Waals surface area contributed by atoms with Crippen molar-refractivity contribution in [3.05, 3.63) is 53.9 Å². The minimum atomic E-state index is -1.01. The number of nitrogens with zero attached hydrogens (tertiary/aromatic N) is 3. The van der Waals surface area contributed by atoms with Crippen molar-refractivity contribution in [3.8, 4) is 0 Å². The summed E-state index contributed by atoms with van der Waals surface area (Å²) >= 11 is 0. The van der Waals surface area contributed by atoms with Crippen LogP contribution in [0.3, 0.4) is 0 Å². The van der Waals surface area contributed by atoms with Crippen LogP contribution in [0.25, 0.3) is 0 Å². The zero-order chi connectivity index (χ0) is 16.9. The highest BCUT2D eigenvalue weighted by Crippen LogP contribution is 2.16. The van der Waals surface area contributed by atoms with E-state index >= 15 is 0 Å². The lowest BCUT2D eigenvalue weighted by atomic mass is 10.0. The molecule has 0 aliphatic carbocycles. The molecule has 1 saturated heterocycles. The largest absolute Gasteiger partial charge is 0.478 e. The highest BCUT2D eigenvalue weighted by atomic mass is 16.4. The Kier molecular flexibility index (Phi) is 4.69. The number of aromatic carboxylic acids is 1. The summed E-state index contributed by atoms with van der Waals surface area (Å²) in [5.74, 6) is -0.539. The molecule has 24 heavy (non-hydrogen) atoms. The van der Waals surface area contributed by atoms with Gasteiger partial charge in [0, 0.05) is 37.1 Å². The third-order valence-corrected chi connectivity index (χ3v) is 3.99. The molecule has 1 aliphatic heterocycles. The number of benzene rings is 1. The maximum atomic E-state index is 12.3. The first kappa shape index (κ1) is 15.9. The summed E-state index contributed by atoms with van der Waals surface area (Å²) in [6.07, 6.45) is 5.24. The number of hydrogen-bond acceptors (Lipinski definition) is 5. The second kappa shape index (κ2) is 7.08. The van der Waals surface area contributed by atoms with Crippen LogP contribution in [0.4, 0.5) is 5.95 Å². The highest BCUT2D eigenvalue weighted by Gasteiger charge is 2.23. The van der Waals surface area contributed by atoms with E-state index in [-0.39, 0.29) is 17.5 Å². The summed E-state index contributed by atoms with van der Waals surface area (Å²) in [5.41, 5.74) is 0.615. The number of hydrogen-bond donors (Lipinski definition) is 2. The van der Waals surface area contributed by atoms with E-state index in [1.165, 1.54) is 24.3 Å². The zero-order valence-electron chi connectivity index (χ0n) is 13.1. The fourth-order valence-corrected chi connectivity index (χ4v) is 2.76. The molecule has 2 aromatic rings. The summed E-state index contributed by atoms with van der Waals surface area (Å²) < 4.78 is 0. The molecule has 1 aliphatic rings. The van der Waals surface area contributed by atoms with Gasteiger partial charge in [-0.05, 0) is 43.2 Å². The molecule has 0 unspecified atom stereocenters. The normalized spacial score (nSPS) is 17.3. The molecule has 124 valence electrons. The smallest absolute Gasteiger partial charge is 0.335 e. The van der Waals surface area contributed by atoms with Crippen molar-refractivity contribution in [1.82, 2.24) is 15.3 Å². The fourth-order valence-electron chi connectivity index (χ4n) is 2.76. The highest BCUT2D eigenvalue weighted by molar-refractivity contribution is 5.96. The number of aromatic nitrogens is 2. The van der Waals surface area contributed by atoms with Crippen molar-refractivity contribution in [1.29, 1.82) is 0 Å². The number of rotatable bonds is 4. The van der Waals surface area contributed by atoms with Gasteiger partial charge in [-0.2, -0.15) is 0 Å². The molecular formula is C17H18N4O3. The number of carboxylic acid groups (broad SMARTS) is 1. The Morgan fingerprint density at radius 1 is 1.12 bits per heavy atom. The van der Waals surface area contributed by atoms with Crippen LogP contribution in [-0.2, 0) is 0 Å². The molecule has 0 radical (unpaired) electrons. The molecule has 0 saturated carbocycles. The van der Waals surface area contributed by atoms with E-state index in [4.69, 9.17) is 5.11 Å². The predicted molar refractivity (Wildman–Crippen MR) is 88.1 cm³/mol. The second-order valence-corrected chi connectivity index (χ2v) is 5.69. The molecule has 1 fully saturated rings. The quantitative estimate of drug-likeness (QED) is 0.885. The van der Waals surface area contributed by atoms with Gasteiger partial charge >= 0.3 is 5.97 Å². The minimum absolute atomic E-state index is 0.00852. The summed E-state index contributed by atoms with van der Waals surface area (Å²) in [4.78, 5) is 33.7. The van der Waals surface area contributed by atoms with E-state index in [0.717, 1.165) is 19.4 Å². The van der Waals surface area contributed by atoms with E-state index in [1.807, 2.05) is 0 Å². The molecular weight excluding hydrogens is 308 g/mol. The predicted octanol–water partition coefficient (Wildman–Crippen LogP) is 1.57. The van der Waals surface area contributed by atoms with Crippen LogP contribution in [0.15, 0.2) is 42.7 Å². The molecule has 2 heterocycles. The Balaban J connectivity index is 1.62. The van der Waals surface area contributed by atoms with E-state index in [1.54, 1.807) is 18.5 Å². The molecule has 3 rings (SSSR count). The number of piperidine rings is 1. The number of anilines is 1. The number of nitrogens with one attached hydrogen (secondary N) is 1. The van der Waals surface area contributed by atoms with E-state index < -0.39 is 5.97 Å². The first-order valence-corrected chi connectivity index (χ1v) is 7.79. The zero-order valence-corrected chi connectivity index (χ0v) is 13.1. The van der Waals surface area contributed by atoms with Crippen LogP contribution in [0.1, 0.15) is 33.6 Å². The van der Waals surface area contributed by atoms with E-state index in [9.17, 15) is 9.59 Å². The molecule has 2 N–H and O–H groups in total. The summed E-state index contributed by atoms with van der Waals surface area (Å²) in [7, 11) is 0. The van der Waals surface area contributed by atoms with Crippen molar-refractivity contribution in [2.24, 2.45) is 0 Å². The van der Waals surface area contributed by atoms with Crippen molar-refractivity contribution >= 4 is 17.8 Å². The average molecular weight is 326 g/mol. The molecule has 1 aromatic heterocycles. The van der Waals surface area contributed by atoms with Gasteiger partial charge in [-0.3, -0.25) is 4.79 Å². The summed E-state index contributed by atoms with van der Waals surface area (Å²) in [6.45, 7) is 1.52. The molecule has 0 bridgehead atoms. The fraction of sp³-hybridized carbons (Fsp3) is 0.294. The van der Waals surface area contributed by atoms with Gasteiger partial charge in [0.2, 0.25) is 5.95 Å². The van der Waals surface area contributed by atoms with Crippen LogP contribution in [0.2, 0.25) is 0 Å². The van der Waals surface area contributed by atoms with Crippen molar-refractivity contribution in [3.63, 3.8) is 0 Å². The Hall–Kier alpha value is -2.96. The van der Waals surface area contributed by atoms with Gasteiger partial charge in [0.15, 0.2) is 0 Å². The van der Waals surface area contributed by atoms with Crippen LogP contribution in [0, 0.1) is 0 Å². The first-order valence-electron chi connectivity index (χ1n) is 7.79. The second-order valence-electron chi connectivity index (χ2n) is 5.69. The van der Waals surface area contributed by atoms with E-state index in [0.29, 0.717) is 18.1 Å². The Morgan fingerprint density at radius 3 is 2.46 bits per heavy atom. The van der Waals surface area contributed by atoms with Crippen LogP contribution >= 0.6 is 0 Å². The summed E-state index contributed by atoms with van der Waals surface area (Å²) in [6, 6.07) is 7.70. The molecule has 7 nitrogen and oxygen atoms in total. The monoisotopic (exact) mass is 326 g/mol. The van der Waals surface area contributed by atoms with Crippen molar-refractivity contribution in [2.45, 2.75) is 18.9 Å². The molecule has 1 atom stereocenters. The lowest BCUT2D eigenvalue weighted by Crippen LogP contribution is -2.48. The van der Waals surface area contributed by atoms with Crippen LogP contribution < -0.4 is 10.2 Å². The number of carbonyl (C=O) groups excluding carboxylic acids is 1. The molecule has 7 heteroatoms. The van der Waals surface area contributed by atoms with Crippen molar-refractivity contribution in [2.75, 3.05) is 18.0 Å². The average Bonchev–Trinajstić information content (AvgIpc) is 2.63. The van der Waals surface area contributed by atoms with Crippen LogP contribution in [0.5, 0.6) is 0 Å². The van der Waals surface area contributed by atoms with Crippen molar-refractivity contribution < 1.29 is 14.7 Å². The molecule has 0 spiro atoms. The topological polar surface area (TPSA) is 95.4 Å². The Labute approximate surface area is 139 Å². The Morgan fingerprint density at radius 2 is 1.79 bits per heavy atom. The van der Waals surface area contributed by atoms with Gasteiger partial charge in [-0.15, -0.1) is 0 Å². The maximum absolute atomic E-state index is 12.3. The standard InChI is InChI=1S/C17H18N4O3/c22-15(12-4-6-13(7-5-12)16(23)24)20-14-3-1-10-21(11-14)17-18-8-2-9-19-17/h2,4-9,14H,1,3,10-11H2,(H,20,22)(H,23,24)/t14-/m0/s1.